The van der Waals surface area contributed by atoms with Gasteiger partial charge in [0.25, 0.3) is 5.91 Å². The zero-order chi connectivity index (χ0) is 19.6. The molecular formula is C17H19Cl2N5O2S. The molecule has 2 amide bonds. The van der Waals surface area contributed by atoms with E-state index in [-0.39, 0.29) is 5.91 Å². The zero-order valence-electron chi connectivity index (χ0n) is 14.9. The number of rotatable bonds is 5. The van der Waals surface area contributed by atoms with Crippen LogP contribution in [0.1, 0.15) is 12.8 Å². The molecule has 1 aromatic heterocycles. The Hall–Kier alpha value is -1.90. The third kappa shape index (κ3) is 4.51. The van der Waals surface area contributed by atoms with Crippen LogP contribution in [0.15, 0.2) is 24.3 Å². The third-order valence-corrected chi connectivity index (χ3v) is 5.57. The van der Waals surface area contributed by atoms with Crippen LogP contribution in [0.25, 0.3) is 10.6 Å². The fourth-order valence-corrected chi connectivity index (χ4v) is 3.91. The number of hydrogen-bond donors (Lipinski definition) is 1. The first-order valence-electron chi connectivity index (χ1n) is 8.37. The molecule has 1 saturated heterocycles. The maximum Gasteiger partial charge on any atom is 0.256 e. The molecule has 0 radical (unpaired) electrons. The minimum absolute atomic E-state index is 0.305. The Morgan fingerprint density at radius 1 is 1.26 bits per heavy atom. The number of hydrogen-bond acceptors (Lipinski definition) is 6. The molecule has 27 heavy (non-hydrogen) atoms. The Balaban J connectivity index is 1.68. The van der Waals surface area contributed by atoms with E-state index in [4.69, 9.17) is 23.2 Å². The van der Waals surface area contributed by atoms with Crippen molar-refractivity contribution in [2.75, 3.05) is 30.9 Å². The second kappa shape index (κ2) is 8.41. The Kier molecular flexibility index (Phi) is 6.18. The van der Waals surface area contributed by atoms with Crippen molar-refractivity contribution in [1.29, 1.82) is 0 Å². The number of nitrogens with zero attached hydrogens (tertiary/aromatic N) is 4. The highest BCUT2D eigenvalue weighted by molar-refractivity contribution is 7.18. The summed E-state index contributed by atoms with van der Waals surface area (Å²) in [5.74, 6) is -0.754. The van der Waals surface area contributed by atoms with Gasteiger partial charge in [0.1, 0.15) is 11.0 Å². The lowest BCUT2D eigenvalue weighted by Gasteiger charge is -2.23. The van der Waals surface area contributed by atoms with Crippen LogP contribution >= 0.6 is 34.5 Å². The van der Waals surface area contributed by atoms with Gasteiger partial charge < -0.3 is 9.80 Å². The lowest BCUT2D eigenvalue weighted by Crippen LogP contribution is -2.45. The molecular weight excluding hydrogens is 409 g/mol. The lowest BCUT2D eigenvalue weighted by molar-refractivity contribution is -0.135. The quantitative estimate of drug-likeness (QED) is 0.741. The van der Waals surface area contributed by atoms with Crippen molar-refractivity contribution in [1.82, 2.24) is 15.1 Å². The minimum atomic E-state index is -1.17. The molecule has 2 aromatic rings. The zero-order valence-corrected chi connectivity index (χ0v) is 17.2. The predicted molar refractivity (Wildman–Crippen MR) is 109 cm³/mol. The highest BCUT2D eigenvalue weighted by Gasteiger charge is 2.36. The minimum Gasteiger partial charge on any atom is -0.378 e. The largest absolute Gasteiger partial charge is 0.378 e. The Labute approximate surface area is 171 Å². The number of aromatic nitrogens is 2. The van der Waals surface area contributed by atoms with E-state index in [9.17, 15) is 9.59 Å². The molecule has 2 heterocycles. The number of alkyl halides is 2. The summed E-state index contributed by atoms with van der Waals surface area (Å²) >= 11 is 12.6. The molecule has 0 aliphatic carbocycles. The first kappa shape index (κ1) is 19.9. The molecule has 1 fully saturated rings. The van der Waals surface area contributed by atoms with Crippen molar-refractivity contribution in [3.63, 3.8) is 0 Å². The number of carbonyl (C=O) groups is 2. The molecule has 1 unspecified atom stereocenters. The first-order valence-corrected chi connectivity index (χ1v) is 10.1. The van der Waals surface area contributed by atoms with Crippen LogP contribution in [0.4, 0.5) is 10.8 Å². The van der Waals surface area contributed by atoms with E-state index in [0.29, 0.717) is 23.1 Å². The summed E-state index contributed by atoms with van der Waals surface area (Å²) in [6.45, 7) is 0.465. The van der Waals surface area contributed by atoms with E-state index in [0.717, 1.165) is 17.7 Å². The molecule has 1 aromatic carbocycles. The predicted octanol–water partition coefficient (Wildman–Crippen LogP) is 3.00. The Bertz CT molecular complexity index is 825. The van der Waals surface area contributed by atoms with Gasteiger partial charge >= 0.3 is 0 Å². The Morgan fingerprint density at radius 2 is 1.96 bits per heavy atom. The summed E-state index contributed by atoms with van der Waals surface area (Å²) in [6, 6.07) is 7.31. The van der Waals surface area contributed by atoms with Gasteiger partial charge in [-0.1, -0.05) is 34.5 Å². The van der Waals surface area contributed by atoms with E-state index in [1.54, 1.807) is 0 Å². The van der Waals surface area contributed by atoms with Crippen molar-refractivity contribution in [3.8, 4) is 10.6 Å². The number of halogens is 2. The van der Waals surface area contributed by atoms with Gasteiger partial charge in [-0.05, 0) is 37.1 Å². The van der Waals surface area contributed by atoms with Gasteiger partial charge in [-0.25, -0.2) is 0 Å². The number of nitrogens with one attached hydrogen (secondary N) is 1. The maximum absolute atomic E-state index is 12.6. The van der Waals surface area contributed by atoms with Crippen molar-refractivity contribution >= 4 is 57.2 Å². The third-order valence-electron chi connectivity index (χ3n) is 4.31. The average Bonchev–Trinajstić information content (AvgIpc) is 3.30. The van der Waals surface area contributed by atoms with Crippen LogP contribution in [0.3, 0.4) is 0 Å². The van der Waals surface area contributed by atoms with Crippen LogP contribution in [0.2, 0.25) is 0 Å². The number of carbonyl (C=O) groups excluding carboxylic acids is 2. The van der Waals surface area contributed by atoms with Crippen LogP contribution in [-0.2, 0) is 9.59 Å². The van der Waals surface area contributed by atoms with Crippen LogP contribution in [0.5, 0.6) is 0 Å². The summed E-state index contributed by atoms with van der Waals surface area (Å²) in [5.41, 5.74) is 2.00. The smallest absolute Gasteiger partial charge is 0.256 e. The van der Waals surface area contributed by atoms with Crippen molar-refractivity contribution in [2.45, 2.75) is 23.7 Å². The number of anilines is 2. The van der Waals surface area contributed by atoms with Crippen molar-refractivity contribution in [3.05, 3.63) is 24.3 Å². The van der Waals surface area contributed by atoms with Gasteiger partial charge in [0.15, 0.2) is 4.84 Å². The van der Waals surface area contributed by atoms with Crippen LogP contribution in [0, 0.1) is 0 Å². The van der Waals surface area contributed by atoms with Gasteiger partial charge in [-0.15, -0.1) is 10.2 Å². The fraction of sp³-hybridized carbons (Fsp3) is 0.412. The molecule has 1 atom stereocenters. The summed E-state index contributed by atoms with van der Waals surface area (Å²) < 4.78 is 0. The molecule has 1 aliphatic rings. The molecule has 1 N–H and O–H groups in total. The van der Waals surface area contributed by atoms with Gasteiger partial charge in [0.2, 0.25) is 11.0 Å². The number of amides is 2. The molecule has 144 valence electrons. The molecule has 7 nitrogen and oxygen atoms in total. The highest BCUT2D eigenvalue weighted by atomic mass is 35.5. The number of likely N-dealkylation sites (tertiary alicyclic amines) is 1. The summed E-state index contributed by atoms with van der Waals surface area (Å²) in [4.78, 5) is 26.8. The molecule has 0 spiro atoms. The molecule has 3 rings (SSSR count). The molecule has 0 saturated carbocycles. The van der Waals surface area contributed by atoms with E-state index in [1.807, 2.05) is 43.3 Å². The standard InChI is InChI=1S/C17H19Cl2N5O2S/c1-23(2)11-7-5-10(6-8-11)15-21-22-17(27-15)20-14(25)12-4-3-9-24(12)16(26)13(18)19/h5-8,12-13H,3-4,9H2,1-2H3,(H,20,22,25). The fourth-order valence-electron chi connectivity index (χ4n) is 2.91. The maximum atomic E-state index is 12.6. The average molecular weight is 428 g/mol. The van der Waals surface area contributed by atoms with Crippen LogP contribution < -0.4 is 10.2 Å². The summed E-state index contributed by atoms with van der Waals surface area (Å²) in [7, 11) is 3.95. The SMILES string of the molecule is CN(C)c1ccc(-c2nnc(NC(=O)C3CCCN3C(=O)C(Cl)Cl)s2)cc1. The number of benzene rings is 1. The second-order valence-corrected chi connectivity index (χ2v) is 8.41. The Morgan fingerprint density at radius 3 is 2.59 bits per heavy atom. The summed E-state index contributed by atoms with van der Waals surface area (Å²) in [5, 5.41) is 12.0. The molecule has 0 bridgehead atoms. The first-order chi connectivity index (χ1) is 12.9. The van der Waals surface area contributed by atoms with E-state index in [1.165, 1.54) is 16.2 Å². The van der Waals surface area contributed by atoms with E-state index >= 15 is 0 Å². The van der Waals surface area contributed by atoms with Gasteiger partial charge in [0, 0.05) is 31.9 Å². The summed E-state index contributed by atoms with van der Waals surface area (Å²) in [6.07, 6.45) is 1.29. The van der Waals surface area contributed by atoms with Crippen molar-refractivity contribution < 1.29 is 9.59 Å². The second-order valence-electron chi connectivity index (χ2n) is 6.33. The van der Waals surface area contributed by atoms with Gasteiger partial charge in [0.05, 0.1) is 0 Å². The van der Waals surface area contributed by atoms with E-state index in [2.05, 4.69) is 15.5 Å². The highest BCUT2D eigenvalue weighted by Crippen LogP contribution is 2.29. The molecule has 1 aliphatic heterocycles. The lowest BCUT2D eigenvalue weighted by atomic mass is 10.2. The van der Waals surface area contributed by atoms with Crippen LogP contribution in [-0.4, -0.2) is 58.4 Å². The van der Waals surface area contributed by atoms with Gasteiger partial charge in [-0.2, -0.15) is 0 Å². The normalized spacial score (nSPS) is 16.6. The monoisotopic (exact) mass is 427 g/mol. The van der Waals surface area contributed by atoms with Crippen molar-refractivity contribution in [2.24, 2.45) is 0 Å². The topological polar surface area (TPSA) is 78.4 Å². The van der Waals surface area contributed by atoms with Gasteiger partial charge in [-0.3, -0.25) is 14.9 Å². The van der Waals surface area contributed by atoms with E-state index < -0.39 is 16.8 Å². The molecule has 10 heteroatoms.